The fourth-order valence-corrected chi connectivity index (χ4v) is 2.78. The Bertz CT molecular complexity index is 539. The quantitative estimate of drug-likeness (QED) is 0.691. The maximum Gasteiger partial charge on any atom is 0.232 e. The molecule has 1 aromatic rings. The van der Waals surface area contributed by atoms with Gasteiger partial charge < -0.3 is 19.4 Å². The average molecular weight is 319 g/mol. The molecule has 8 nitrogen and oxygen atoms in total. The number of amides is 2. The smallest absolute Gasteiger partial charge is 0.232 e. The summed E-state index contributed by atoms with van der Waals surface area (Å²) in [5.41, 5.74) is 0. The molecule has 0 unspecified atom stereocenters. The summed E-state index contributed by atoms with van der Waals surface area (Å²) in [7, 11) is 0. The third-order valence-electron chi connectivity index (χ3n) is 4.13. The second-order valence-corrected chi connectivity index (χ2v) is 5.59. The van der Waals surface area contributed by atoms with E-state index >= 15 is 0 Å². The van der Waals surface area contributed by atoms with Crippen LogP contribution in [0.15, 0.2) is 18.5 Å². The van der Waals surface area contributed by atoms with Gasteiger partial charge in [0.15, 0.2) is 0 Å². The zero-order valence-corrected chi connectivity index (χ0v) is 13.1. The van der Waals surface area contributed by atoms with Crippen molar-refractivity contribution in [1.29, 1.82) is 0 Å². The molecule has 2 fully saturated rings. The van der Waals surface area contributed by atoms with Gasteiger partial charge in [0.1, 0.15) is 6.42 Å². The molecule has 23 heavy (non-hydrogen) atoms. The van der Waals surface area contributed by atoms with Gasteiger partial charge >= 0.3 is 0 Å². The number of ether oxygens (including phenoxy) is 1. The van der Waals surface area contributed by atoms with Crippen LogP contribution in [0.4, 0.5) is 5.95 Å². The van der Waals surface area contributed by atoms with Gasteiger partial charge in [-0.1, -0.05) is 0 Å². The van der Waals surface area contributed by atoms with E-state index in [-0.39, 0.29) is 18.2 Å². The van der Waals surface area contributed by atoms with Crippen molar-refractivity contribution in [3.8, 4) is 0 Å². The summed E-state index contributed by atoms with van der Waals surface area (Å²) >= 11 is 0. The van der Waals surface area contributed by atoms with E-state index in [4.69, 9.17) is 4.74 Å². The van der Waals surface area contributed by atoms with Crippen molar-refractivity contribution in [2.75, 3.05) is 57.4 Å². The normalized spacial score (nSPS) is 18.9. The number of piperazine rings is 1. The first-order chi connectivity index (χ1) is 11.2. The molecule has 8 heteroatoms. The predicted molar refractivity (Wildman–Crippen MR) is 82.8 cm³/mol. The molecule has 124 valence electrons. The number of hydrogen-bond donors (Lipinski definition) is 0. The molecule has 3 rings (SSSR count). The summed E-state index contributed by atoms with van der Waals surface area (Å²) in [6.07, 6.45) is 3.36. The van der Waals surface area contributed by atoms with E-state index in [9.17, 15) is 9.59 Å². The molecule has 3 heterocycles. The van der Waals surface area contributed by atoms with E-state index < -0.39 is 0 Å². The van der Waals surface area contributed by atoms with E-state index in [1.165, 1.54) is 0 Å². The van der Waals surface area contributed by atoms with Crippen molar-refractivity contribution in [3.05, 3.63) is 18.5 Å². The highest BCUT2D eigenvalue weighted by Gasteiger charge is 2.26. The number of carbonyl (C=O) groups is 2. The summed E-state index contributed by atoms with van der Waals surface area (Å²) < 4.78 is 5.22. The Balaban J connectivity index is 1.47. The first-order valence-corrected chi connectivity index (χ1v) is 7.89. The number of carbonyl (C=O) groups excluding carboxylic acids is 2. The minimum atomic E-state index is -0.105. The maximum atomic E-state index is 12.3. The maximum absolute atomic E-state index is 12.3. The van der Waals surface area contributed by atoms with Crippen LogP contribution in [-0.2, 0) is 14.3 Å². The summed E-state index contributed by atoms with van der Waals surface area (Å²) in [5, 5.41) is 0. The van der Waals surface area contributed by atoms with Gasteiger partial charge in [0.05, 0.1) is 13.2 Å². The van der Waals surface area contributed by atoms with Crippen molar-refractivity contribution in [2.45, 2.75) is 6.42 Å². The molecule has 0 radical (unpaired) electrons. The minimum Gasteiger partial charge on any atom is -0.378 e. The summed E-state index contributed by atoms with van der Waals surface area (Å²) in [5.74, 6) is 0.478. The van der Waals surface area contributed by atoms with Gasteiger partial charge in [-0.3, -0.25) is 9.59 Å². The minimum absolute atomic E-state index is 0.0537. The van der Waals surface area contributed by atoms with Gasteiger partial charge in [0.2, 0.25) is 17.8 Å². The van der Waals surface area contributed by atoms with Gasteiger partial charge in [-0.25, -0.2) is 9.97 Å². The van der Waals surface area contributed by atoms with E-state index in [0.717, 1.165) is 0 Å². The summed E-state index contributed by atoms with van der Waals surface area (Å²) in [6.45, 7) is 4.80. The lowest BCUT2D eigenvalue weighted by Gasteiger charge is -2.35. The zero-order chi connectivity index (χ0) is 16.1. The van der Waals surface area contributed by atoms with Crippen molar-refractivity contribution >= 4 is 17.8 Å². The molecule has 0 aliphatic carbocycles. The molecule has 0 atom stereocenters. The third-order valence-corrected chi connectivity index (χ3v) is 4.13. The lowest BCUT2D eigenvalue weighted by molar-refractivity contribution is -0.143. The number of morpholine rings is 1. The lowest BCUT2D eigenvalue weighted by Crippen LogP contribution is -2.50. The molecule has 2 aliphatic heterocycles. The lowest BCUT2D eigenvalue weighted by atomic mass is 10.2. The molecular formula is C15H21N5O3. The second-order valence-electron chi connectivity index (χ2n) is 5.59. The molecule has 2 saturated heterocycles. The van der Waals surface area contributed by atoms with E-state index in [2.05, 4.69) is 9.97 Å². The van der Waals surface area contributed by atoms with Gasteiger partial charge in [-0.2, -0.15) is 0 Å². The molecule has 0 N–H and O–H groups in total. The Kier molecular flexibility index (Phi) is 5.02. The van der Waals surface area contributed by atoms with Crippen LogP contribution in [0.5, 0.6) is 0 Å². The van der Waals surface area contributed by atoms with Crippen molar-refractivity contribution in [2.24, 2.45) is 0 Å². The Morgan fingerprint density at radius 3 is 2.09 bits per heavy atom. The Morgan fingerprint density at radius 1 is 0.913 bits per heavy atom. The molecule has 1 aromatic heterocycles. The number of hydrogen-bond acceptors (Lipinski definition) is 6. The SMILES string of the molecule is O=C(CC(=O)N1CCN(c2ncccn2)CC1)N1CCOCC1. The molecule has 2 aliphatic rings. The van der Waals surface area contributed by atoms with E-state index in [1.54, 1.807) is 28.3 Å². The predicted octanol–water partition coefficient (Wildman–Crippen LogP) is -0.626. The number of anilines is 1. The topological polar surface area (TPSA) is 78.9 Å². The van der Waals surface area contributed by atoms with Crippen molar-refractivity contribution < 1.29 is 14.3 Å². The van der Waals surface area contributed by atoms with Gasteiger partial charge in [-0.15, -0.1) is 0 Å². The van der Waals surface area contributed by atoms with Crippen molar-refractivity contribution in [3.63, 3.8) is 0 Å². The third kappa shape index (κ3) is 3.95. The molecule has 0 bridgehead atoms. The largest absolute Gasteiger partial charge is 0.378 e. The van der Waals surface area contributed by atoms with Gasteiger partial charge in [-0.05, 0) is 6.07 Å². The van der Waals surface area contributed by atoms with Gasteiger partial charge in [0, 0.05) is 51.7 Å². The van der Waals surface area contributed by atoms with Crippen LogP contribution in [0, 0.1) is 0 Å². The highest BCUT2D eigenvalue weighted by atomic mass is 16.5. The fraction of sp³-hybridized carbons (Fsp3) is 0.600. The van der Waals surface area contributed by atoms with Crippen LogP contribution in [0.3, 0.4) is 0 Å². The average Bonchev–Trinajstić information content (AvgIpc) is 2.63. The fourth-order valence-electron chi connectivity index (χ4n) is 2.78. The van der Waals surface area contributed by atoms with Crippen molar-refractivity contribution in [1.82, 2.24) is 19.8 Å². The summed E-state index contributed by atoms with van der Waals surface area (Å²) in [6, 6.07) is 1.78. The zero-order valence-electron chi connectivity index (χ0n) is 13.1. The first-order valence-electron chi connectivity index (χ1n) is 7.89. The Morgan fingerprint density at radius 2 is 1.48 bits per heavy atom. The number of nitrogens with zero attached hydrogens (tertiary/aromatic N) is 5. The monoisotopic (exact) mass is 319 g/mol. The van der Waals surface area contributed by atoms with Crippen LogP contribution < -0.4 is 4.90 Å². The molecule has 0 aromatic carbocycles. The Hall–Kier alpha value is -2.22. The number of aromatic nitrogens is 2. The van der Waals surface area contributed by atoms with Gasteiger partial charge in [0.25, 0.3) is 0 Å². The standard InChI is InChI=1S/C15H21N5O3/c21-13(12-14(22)19-8-10-23-11-9-19)18-4-6-20(7-5-18)15-16-2-1-3-17-15/h1-3H,4-12H2. The second kappa shape index (κ2) is 7.36. The van der Waals surface area contributed by atoms with E-state index in [0.29, 0.717) is 58.4 Å². The van der Waals surface area contributed by atoms with E-state index in [1.807, 2.05) is 4.90 Å². The van der Waals surface area contributed by atoms with Crippen LogP contribution in [-0.4, -0.2) is 84.1 Å². The first kappa shape index (κ1) is 15.7. The number of rotatable bonds is 3. The van der Waals surface area contributed by atoms with Crippen LogP contribution >= 0.6 is 0 Å². The molecule has 0 spiro atoms. The molecular weight excluding hydrogens is 298 g/mol. The highest BCUT2D eigenvalue weighted by Crippen LogP contribution is 2.11. The molecule has 0 saturated carbocycles. The molecule has 2 amide bonds. The highest BCUT2D eigenvalue weighted by molar-refractivity contribution is 5.97. The van der Waals surface area contributed by atoms with Crippen LogP contribution in [0.1, 0.15) is 6.42 Å². The Labute approximate surface area is 135 Å². The summed E-state index contributed by atoms with van der Waals surface area (Å²) in [4.78, 5) is 38.4. The van der Waals surface area contributed by atoms with Crippen LogP contribution in [0.25, 0.3) is 0 Å². The van der Waals surface area contributed by atoms with Crippen LogP contribution in [0.2, 0.25) is 0 Å².